The van der Waals surface area contributed by atoms with Crippen molar-refractivity contribution in [3.05, 3.63) is 65.2 Å². The summed E-state index contributed by atoms with van der Waals surface area (Å²) in [7, 11) is 3.47. The fourth-order valence-corrected chi connectivity index (χ4v) is 4.16. The fourth-order valence-electron chi connectivity index (χ4n) is 1.77. The van der Waals surface area contributed by atoms with E-state index in [4.69, 9.17) is 5.73 Å². The van der Waals surface area contributed by atoms with E-state index in [1.165, 1.54) is 11.1 Å². The Morgan fingerprint density at radius 2 is 1.53 bits per heavy atom. The molecule has 0 unspecified atom stereocenters. The van der Waals surface area contributed by atoms with Gasteiger partial charge >= 0.3 is 0 Å². The Hall–Kier alpha value is -0.940. The Morgan fingerprint density at radius 3 is 2.21 bits per heavy atom. The molecule has 2 aromatic carbocycles. The maximum atomic E-state index is 9.28. The van der Waals surface area contributed by atoms with Crippen molar-refractivity contribution >= 4 is 21.6 Å². The number of aliphatic hydroxyl groups is 1. The Morgan fingerprint density at radius 1 is 0.895 bits per heavy atom. The van der Waals surface area contributed by atoms with E-state index in [0.717, 1.165) is 16.2 Å². The van der Waals surface area contributed by atoms with Crippen LogP contribution in [-0.4, -0.2) is 5.11 Å². The van der Waals surface area contributed by atoms with Crippen LogP contribution in [0.1, 0.15) is 16.7 Å². The topological polar surface area (TPSA) is 46.2 Å². The zero-order valence-electron chi connectivity index (χ0n) is 10.6. The average molecular weight is 291 g/mol. The number of hydrogen-bond donors (Lipinski definition) is 2. The van der Waals surface area contributed by atoms with Crippen molar-refractivity contribution in [2.45, 2.75) is 23.8 Å². The van der Waals surface area contributed by atoms with Gasteiger partial charge < -0.3 is 10.8 Å². The number of aliphatic hydroxyl groups excluding tert-OH is 1. The highest BCUT2D eigenvalue weighted by atomic mass is 33.1. The summed E-state index contributed by atoms with van der Waals surface area (Å²) in [6, 6.07) is 16.2. The van der Waals surface area contributed by atoms with E-state index < -0.39 is 0 Å². The van der Waals surface area contributed by atoms with Crippen LogP contribution in [0, 0.1) is 0 Å². The molecule has 2 aromatic rings. The molecule has 19 heavy (non-hydrogen) atoms. The molecule has 0 spiro atoms. The highest BCUT2D eigenvalue weighted by Gasteiger charge is 2.04. The number of benzene rings is 2. The van der Waals surface area contributed by atoms with Gasteiger partial charge in [-0.15, -0.1) is 0 Å². The number of hydrogen-bond acceptors (Lipinski definition) is 4. The molecule has 2 nitrogen and oxygen atoms in total. The van der Waals surface area contributed by atoms with E-state index in [1.807, 2.05) is 36.4 Å². The molecular formula is C15H17NOS2. The quantitative estimate of drug-likeness (QED) is 0.799. The molecule has 0 aliphatic rings. The van der Waals surface area contributed by atoms with Crippen molar-refractivity contribution in [2.24, 2.45) is 5.73 Å². The largest absolute Gasteiger partial charge is 0.392 e. The van der Waals surface area contributed by atoms with Crippen LogP contribution in [0.3, 0.4) is 0 Å². The zero-order chi connectivity index (χ0) is 13.5. The maximum absolute atomic E-state index is 9.28. The lowest BCUT2D eigenvalue weighted by atomic mass is 10.1. The van der Waals surface area contributed by atoms with Gasteiger partial charge in [-0.1, -0.05) is 64.1 Å². The van der Waals surface area contributed by atoms with Gasteiger partial charge in [0.25, 0.3) is 0 Å². The van der Waals surface area contributed by atoms with Gasteiger partial charge in [0.1, 0.15) is 0 Å². The van der Waals surface area contributed by atoms with E-state index in [1.54, 1.807) is 21.6 Å². The normalized spacial score (nSPS) is 10.6. The van der Waals surface area contributed by atoms with Crippen LogP contribution >= 0.6 is 21.6 Å². The molecule has 3 N–H and O–H groups in total. The predicted octanol–water partition coefficient (Wildman–Crippen LogP) is 3.58. The molecule has 0 aliphatic heterocycles. The molecule has 0 aromatic heterocycles. The highest BCUT2D eigenvalue weighted by molar-refractivity contribution is 8.76. The summed E-state index contributed by atoms with van der Waals surface area (Å²) in [5, 5.41) is 9.28. The first-order valence-corrected chi connectivity index (χ1v) is 8.42. The third-order valence-electron chi connectivity index (χ3n) is 2.84. The standard InChI is InChI=1S/C15H17NOS2/c16-9-12-5-1-2-7-14(12)11-18-19-15-8-4-3-6-13(15)10-17/h1-8,17H,9-11,16H2. The van der Waals surface area contributed by atoms with Crippen LogP contribution in [-0.2, 0) is 18.9 Å². The Balaban J connectivity index is 1.96. The van der Waals surface area contributed by atoms with Crippen LogP contribution in [0.2, 0.25) is 0 Å². The molecule has 2 rings (SSSR count). The number of nitrogens with two attached hydrogens (primary N) is 1. The third-order valence-corrected chi connectivity index (χ3v) is 5.21. The van der Waals surface area contributed by atoms with Crippen LogP contribution in [0.15, 0.2) is 53.4 Å². The lowest BCUT2D eigenvalue weighted by Gasteiger charge is -2.08. The molecule has 0 saturated carbocycles. The first kappa shape index (κ1) is 14.5. The van der Waals surface area contributed by atoms with Gasteiger partial charge in [0.15, 0.2) is 0 Å². The Labute approximate surface area is 121 Å². The van der Waals surface area contributed by atoms with Gasteiger partial charge in [0.05, 0.1) is 6.61 Å². The van der Waals surface area contributed by atoms with Gasteiger partial charge in [-0.2, -0.15) is 0 Å². The van der Waals surface area contributed by atoms with E-state index in [-0.39, 0.29) is 6.61 Å². The second-order valence-corrected chi connectivity index (χ2v) is 6.42. The molecule has 0 saturated heterocycles. The summed E-state index contributed by atoms with van der Waals surface area (Å²) in [5.41, 5.74) is 9.19. The van der Waals surface area contributed by atoms with E-state index in [9.17, 15) is 5.11 Å². The summed E-state index contributed by atoms with van der Waals surface area (Å²) in [5.74, 6) is 0.914. The molecular weight excluding hydrogens is 274 g/mol. The molecule has 0 bridgehead atoms. The molecule has 0 aliphatic carbocycles. The molecule has 0 amide bonds. The average Bonchev–Trinajstić information content (AvgIpc) is 2.48. The summed E-state index contributed by atoms with van der Waals surface area (Å²) >= 11 is 0. The second kappa shape index (κ2) is 7.60. The lowest BCUT2D eigenvalue weighted by Crippen LogP contribution is -1.99. The molecule has 4 heteroatoms. The SMILES string of the molecule is NCc1ccccc1CSSc1ccccc1CO. The van der Waals surface area contributed by atoms with Crippen LogP contribution in [0.4, 0.5) is 0 Å². The van der Waals surface area contributed by atoms with E-state index in [2.05, 4.69) is 12.1 Å². The minimum atomic E-state index is 0.0864. The monoisotopic (exact) mass is 291 g/mol. The van der Waals surface area contributed by atoms with Crippen LogP contribution < -0.4 is 5.73 Å². The first-order valence-electron chi connectivity index (χ1n) is 6.10. The smallest absolute Gasteiger partial charge is 0.0693 e. The van der Waals surface area contributed by atoms with Crippen molar-refractivity contribution in [3.8, 4) is 0 Å². The highest BCUT2D eigenvalue weighted by Crippen LogP contribution is 2.36. The maximum Gasteiger partial charge on any atom is 0.0693 e. The summed E-state index contributed by atoms with van der Waals surface area (Å²) < 4.78 is 0. The van der Waals surface area contributed by atoms with Gasteiger partial charge in [-0.25, -0.2) is 0 Å². The molecule has 0 atom stereocenters. The van der Waals surface area contributed by atoms with Crippen molar-refractivity contribution in [1.29, 1.82) is 0 Å². The Bertz CT molecular complexity index is 484. The third kappa shape index (κ3) is 4.01. The summed E-state index contributed by atoms with van der Waals surface area (Å²) in [6.45, 7) is 0.664. The van der Waals surface area contributed by atoms with Gasteiger partial charge in [0, 0.05) is 17.2 Å². The zero-order valence-corrected chi connectivity index (χ0v) is 12.2. The number of rotatable bonds is 6. The summed E-state index contributed by atoms with van der Waals surface area (Å²) in [4.78, 5) is 1.13. The van der Waals surface area contributed by atoms with Crippen LogP contribution in [0.5, 0.6) is 0 Å². The van der Waals surface area contributed by atoms with Gasteiger partial charge in [0.2, 0.25) is 0 Å². The van der Waals surface area contributed by atoms with Crippen molar-refractivity contribution in [1.82, 2.24) is 0 Å². The van der Waals surface area contributed by atoms with Crippen molar-refractivity contribution in [2.75, 3.05) is 0 Å². The van der Waals surface area contributed by atoms with Crippen molar-refractivity contribution in [3.63, 3.8) is 0 Å². The predicted molar refractivity (Wildman–Crippen MR) is 83.9 cm³/mol. The van der Waals surface area contributed by atoms with Crippen LogP contribution in [0.25, 0.3) is 0 Å². The molecule has 0 heterocycles. The second-order valence-electron chi connectivity index (χ2n) is 4.08. The van der Waals surface area contributed by atoms with Gasteiger partial charge in [-0.3, -0.25) is 0 Å². The molecule has 0 radical (unpaired) electrons. The minimum Gasteiger partial charge on any atom is -0.392 e. The molecule has 100 valence electrons. The van der Waals surface area contributed by atoms with E-state index in [0.29, 0.717) is 6.54 Å². The summed E-state index contributed by atoms with van der Waals surface area (Å²) in [6.07, 6.45) is 0. The Kier molecular flexibility index (Phi) is 5.79. The minimum absolute atomic E-state index is 0.0864. The van der Waals surface area contributed by atoms with Gasteiger partial charge in [-0.05, 0) is 22.8 Å². The van der Waals surface area contributed by atoms with E-state index >= 15 is 0 Å². The fraction of sp³-hybridized carbons (Fsp3) is 0.200. The van der Waals surface area contributed by atoms with Crippen molar-refractivity contribution < 1.29 is 5.11 Å². The molecule has 0 fully saturated rings. The lowest BCUT2D eigenvalue weighted by molar-refractivity contribution is 0.279. The first-order chi connectivity index (χ1) is 9.35.